The monoisotopic (exact) mass is 470 g/mol. The summed E-state index contributed by atoms with van der Waals surface area (Å²) < 4.78 is 6.27. The van der Waals surface area contributed by atoms with E-state index < -0.39 is 5.60 Å². The number of hydrogen-bond acceptors (Lipinski definition) is 4. The van der Waals surface area contributed by atoms with Crippen LogP contribution in [0, 0.1) is 5.92 Å². The van der Waals surface area contributed by atoms with Gasteiger partial charge in [-0.3, -0.25) is 4.79 Å². The van der Waals surface area contributed by atoms with Gasteiger partial charge >= 0.3 is 0 Å². The summed E-state index contributed by atoms with van der Waals surface area (Å²) in [6.45, 7) is 7.97. The highest BCUT2D eigenvalue weighted by Crippen LogP contribution is 2.44. The number of likely N-dealkylation sites (tertiary alicyclic amines) is 1. The second kappa shape index (κ2) is 9.75. The third-order valence-electron chi connectivity index (χ3n) is 7.44. The topological polar surface area (TPSA) is 53.0 Å². The Labute approximate surface area is 202 Å². The molecule has 1 atom stereocenters. The third-order valence-corrected chi connectivity index (χ3v) is 7.69. The van der Waals surface area contributed by atoms with Crippen molar-refractivity contribution in [2.75, 3.05) is 33.2 Å². The number of likely N-dealkylation sites (N-methyl/N-ethyl adjacent to an activating group) is 1. The molecule has 178 valence electrons. The van der Waals surface area contributed by atoms with Gasteiger partial charge in [0, 0.05) is 31.7 Å². The molecule has 2 heterocycles. The number of aliphatic hydroxyl groups is 1. The predicted octanol–water partition coefficient (Wildman–Crippen LogP) is 4.55. The molecule has 1 N–H and O–H groups in total. The standard InChI is InChI=1S/C27H35ClN2O3/c1-20(2)27(32,22-9-11-23(28)12-10-22)25(31)29(3)15-6-16-30-17-13-26(14-18-30)24-8-5-4-7-21(24)19-33-26/h4-5,7-12,20,32H,6,13-19H2,1-3H3. The minimum Gasteiger partial charge on any atom is -0.375 e. The van der Waals surface area contributed by atoms with Gasteiger partial charge in [-0.1, -0.05) is 61.8 Å². The van der Waals surface area contributed by atoms with Crippen molar-refractivity contribution in [3.63, 3.8) is 0 Å². The van der Waals surface area contributed by atoms with Crippen molar-refractivity contribution in [2.24, 2.45) is 5.92 Å². The summed E-state index contributed by atoms with van der Waals surface area (Å²) in [5, 5.41) is 12.0. The quantitative estimate of drug-likeness (QED) is 0.644. The van der Waals surface area contributed by atoms with Crippen LogP contribution < -0.4 is 0 Å². The van der Waals surface area contributed by atoms with Crippen LogP contribution >= 0.6 is 11.6 Å². The number of nitrogens with zero attached hydrogens (tertiary/aromatic N) is 2. The van der Waals surface area contributed by atoms with Crippen LogP contribution in [0.25, 0.3) is 0 Å². The lowest BCUT2D eigenvalue weighted by molar-refractivity contribution is -0.156. The van der Waals surface area contributed by atoms with Crippen LogP contribution in [-0.4, -0.2) is 54.0 Å². The predicted molar refractivity (Wildman–Crippen MR) is 131 cm³/mol. The maximum atomic E-state index is 13.3. The molecule has 2 aliphatic heterocycles. The first-order chi connectivity index (χ1) is 15.8. The van der Waals surface area contributed by atoms with E-state index in [0.717, 1.165) is 45.5 Å². The summed E-state index contributed by atoms with van der Waals surface area (Å²) in [5.41, 5.74) is 1.59. The summed E-state index contributed by atoms with van der Waals surface area (Å²) in [6, 6.07) is 15.5. The fourth-order valence-corrected chi connectivity index (χ4v) is 5.39. The minimum absolute atomic E-state index is 0.119. The lowest BCUT2D eigenvalue weighted by atomic mass is 9.82. The summed E-state index contributed by atoms with van der Waals surface area (Å²) in [6.07, 6.45) is 2.87. The molecule has 4 rings (SSSR count). The van der Waals surface area contributed by atoms with Gasteiger partial charge in [-0.2, -0.15) is 0 Å². The second-order valence-electron chi connectivity index (χ2n) is 9.79. The Bertz CT molecular complexity index is 970. The van der Waals surface area contributed by atoms with E-state index >= 15 is 0 Å². The van der Waals surface area contributed by atoms with Crippen molar-refractivity contribution in [1.29, 1.82) is 0 Å². The number of carbonyl (C=O) groups is 1. The molecular weight excluding hydrogens is 436 g/mol. The van der Waals surface area contributed by atoms with Crippen LogP contribution in [0.3, 0.4) is 0 Å². The van der Waals surface area contributed by atoms with Crippen LogP contribution in [0.2, 0.25) is 5.02 Å². The third kappa shape index (κ3) is 4.69. The maximum absolute atomic E-state index is 13.3. The zero-order valence-corrected chi connectivity index (χ0v) is 20.6. The number of fused-ring (bicyclic) bond motifs is 2. The molecule has 2 aromatic rings. The Balaban J connectivity index is 1.30. The molecule has 1 fully saturated rings. The number of benzene rings is 2. The van der Waals surface area contributed by atoms with Gasteiger partial charge in [0.05, 0.1) is 12.2 Å². The van der Waals surface area contributed by atoms with Crippen LogP contribution in [-0.2, 0) is 27.3 Å². The first kappa shape index (κ1) is 24.2. The highest BCUT2D eigenvalue weighted by Gasteiger charge is 2.44. The van der Waals surface area contributed by atoms with Crippen LogP contribution in [0.15, 0.2) is 48.5 Å². The van der Waals surface area contributed by atoms with E-state index in [2.05, 4.69) is 29.2 Å². The molecule has 0 aromatic heterocycles. The van der Waals surface area contributed by atoms with Gasteiger partial charge in [0.1, 0.15) is 0 Å². The van der Waals surface area contributed by atoms with Crippen LogP contribution in [0.5, 0.6) is 0 Å². The SMILES string of the molecule is CC(C)C(O)(C(=O)N(C)CCCN1CCC2(CC1)OCc1ccccc12)c1ccc(Cl)cc1. The molecule has 1 unspecified atom stereocenters. The Morgan fingerprint density at radius 3 is 2.52 bits per heavy atom. The number of ether oxygens (including phenoxy) is 1. The molecule has 0 saturated carbocycles. The molecule has 0 bridgehead atoms. The molecule has 0 aliphatic carbocycles. The number of hydrogen-bond donors (Lipinski definition) is 1. The summed E-state index contributed by atoms with van der Waals surface area (Å²) in [4.78, 5) is 17.4. The van der Waals surface area contributed by atoms with Gasteiger partial charge < -0.3 is 19.6 Å². The van der Waals surface area contributed by atoms with E-state index in [-0.39, 0.29) is 17.4 Å². The summed E-state index contributed by atoms with van der Waals surface area (Å²) in [7, 11) is 1.78. The van der Waals surface area contributed by atoms with Gasteiger partial charge in [0.25, 0.3) is 5.91 Å². The van der Waals surface area contributed by atoms with Crippen molar-refractivity contribution in [1.82, 2.24) is 9.80 Å². The summed E-state index contributed by atoms with van der Waals surface area (Å²) in [5.74, 6) is -0.533. The van der Waals surface area contributed by atoms with Crippen molar-refractivity contribution >= 4 is 17.5 Å². The van der Waals surface area contributed by atoms with Crippen molar-refractivity contribution in [3.05, 3.63) is 70.2 Å². The van der Waals surface area contributed by atoms with Gasteiger partial charge in [-0.05, 0) is 60.5 Å². The molecule has 1 amide bonds. The molecule has 1 saturated heterocycles. The molecular formula is C27H35ClN2O3. The average Bonchev–Trinajstić information content (AvgIpc) is 3.18. The van der Waals surface area contributed by atoms with E-state index in [4.69, 9.17) is 16.3 Å². The van der Waals surface area contributed by atoms with E-state index in [1.165, 1.54) is 11.1 Å². The van der Waals surface area contributed by atoms with Crippen molar-refractivity contribution in [3.8, 4) is 0 Å². The number of rotatable bonds is 7. The Kier molecular flexibility index (Phi) is 7.15. The van der Waals surface area contributed by atoms with E-state index in [1.54, 1.807) is 36.2 Å². The normalized spacial score (nSPS) is 19.5. The molecule has 1 spiro atoms. The zero-order chi connectivity index (χ0) is 23.6. The summed E-state index contributed by atoms with van der Waals surface area (Å²) >= 11 is 6.00. The average molecular weight is 471 g/mol. The van der Waals surface area contributed by atoms with E-state index in [1.807, 2.05) is 13.8 Å². The molecule has 2 aliphatic rings. The first-order valence-electron chi connectivity index (χ1n) is 11.9. The van der Waals surface area contributed by atoms with E-state index in [9.17, 15) is 9.90 Å². The Morgan fingerprint density at radius 1 is 1.18 bits per heavy atom. The van der Waals surface area contributed by atoms with Gasteiger partial charge in [0.15, 0.2) is 5.60 Å². The number of carbonyl (C=O) groups excluding carboxylic acids is 1. The minimum atomic E-state index is -1.57. The first-order valence-corrected chi connectivity index (χ1v) is 12.3. The number of amides is 1. The lowest BCUT2D eigenvalue weighted by Crippen LogP contribution is -2.49. The van der Waals surface area contributed by atoms with Gasteiger partial charge in [-0.15, -0.1) is 0 Å². The molecule has 5 nitrogen and oxygen atoms in total. The number of piperidine rings is 1. The molecule has 0 radical (unpaired) electrons. The molecule has 33 heavy (non-hydrogen) atoms. The fourth-order valence-electron chi connectivity index (χ4n) is 5.27. The second-order valence-corrected chi connectivity index (χ2v) is 10.2. The lowest BCUT2D eigenvalue weighted by Gasteiger charge is -2.39. The molecule has 6 heteroatoms. The van der Waals surface area contributed by atoms with Gasteiger partial charge in [-0.25, -0.2) is 0 Å². The fraction of sp³-hybridized carbons (Fsp3) is 0.519. The maximum Gasteiger partial charge on any atom is 0.259 e. The van der Waals surface area contributed by atoms with E-state index in [0.29, 0.717) is 17.1 Å². The Hall–Kier alpha value is -1.92. The van der Waals surface area contributed by atoms with Crippen LogP contribution in [0.1, 0.15) is 49.8 Å². The van der Waals surface area contributed by atoms with Gasteiger partial charge in [0.2, 0.25) is 0 Å². The van der Waals surface area contributed by atoms with Crippen LogP contribution in [0.4, 0.5) is 0 Å². The smallest absolute Gasteiger partial charge is 0.259 e. The highest BCUT2D eigenvalue weighted by molar-refractivity contribution is 6.30. The van der Waals surface area contributed by atoms with Crippen molar-refractivity contribution < 1.29 is 14.6 Å². The number of halogens is 1. The zero-order valence-electron chi connectivity index (χ0n) is 19.9. The highest BCUT2D eigenvalue weighted by atomic mass is 35.5. The molecule has 2 aromatic carbocycles. The largest absolute Gasteiger partial charge is 0.375 e. The Morgan fingerprint density at radius 2 is 1.85 bits per heavy atom. The van der Waals surface area contributed by atoms with Crippen molar-refractivity contribution in [2.45, 2.75) is 50.9 Å².